The zero-order chi connectivity index (χ0) is 19.7. The number of nitrogens with zero attached hydrogens (tertiary/aromatic N) is 3. The van der Waals surface area contributed by atoms with Crippen molar-refractivity contribution in [1.29, 1.82) is 0 Å². The Labute approximate surface area is 172 Å². The molecule has 1 fully saturated rings. The van der Waals surface area contributed by atoms with Crippen molar-refractivity contribution in [1.82, 2.24) is 15.1 Å². The van der Waals surface area contributed by atoms with E-state index in [1.54, 1.807) is 0 Å². The standard InChI is InChI=1S/C24H27N3O2/c1-2-4-22(5-3-1)19-29-24-13-12-23(25-26-24)11-10-20-6-8-21(9-7-20)18-27-14-16-28-17-15-27/h1-9,12-13H,10-11,14-19H2. The van der Waals surface area contributed by atoms with Gasteiger partial charge in [0, 0.05) is 25.7 Å². The molecule has 2 heterocycles. The first-order chi connectivity index (χ1) is 14.3. The highest BCUT2D eigenvalue weighted by atomic mass is 16.5. The van der Waals surface area contributed by atoms with Gasteiger partial charge >= 0.3 is 0 Å². The molecule has 4 rings (SSSR count). The van der Waals surface area contributed by atoms with Crippen LogP contribution in [0.5, 0.6) is 5.88 Å². The zero-order valence-corrected chi connectivity index (χ0v) is 16.7. The third-order valence-corrected chi connectivity index (χ3v) is 5.13. The Morgan fingerprint density at radius 3 is 2.24 bits per heavy atom. The minimum Gasteiger partial charge on any atom is -0.472 e. The van der Waals surface area contributed by atoms with E-state index in [4.69, 9.17) is 9.47 Å². The highest BCUT2D eigenvalue weighted by Crippen LogP contribution is 2.13. The van der Waals surface area contributed by atoms with Gasteiger partial charge in [-0.3, -0.25) is 4.90 Å². The van der Waals surface area contributed by atoms with Gasteiger partial charge in [-0.05, 0) is 35.6 Å². The van der Waals surface area contributed by atoms with Gasteiger partial charge in [-0.25, -0.2) is 0 Å². The fraction of sp³-hybridized carbons (Fsp3) is 0.333. The summed E-state index contributed by atoms with van der Waals surface area (Å²) in [5, 5.41) is 8.50. The predicted molar refractivity (Wildman–Crippen MR) is 113 cm³/mol. The lowest BCUT2D eigenvalue weighted by Gasteiger charge is -2.26. The lowest BCUT2D eigenvalue weighted by atomic mass is 10.1. The van der Waals surface area contributed by atoms with Crippen LogP contribution in [0.4, 0.5) is 0 Å². The molecule has 1 saturated heterocycles. The number of hydrogen-bond donors (Lipinski definition) is 0. The van der Waals surface area contributed by atoms with Crippen LogP contribution >= 0.6 is 0 Å². The second kappa shape index (κ2) is 10.1. The molecule has 0 aliphatic carbocycles. The van der Waals surface area contributed by atoms with Gasteiger partial charge in [0.1, 0.15) is 6.61 Å². The van der Waals surface area contributed by atoms with Gasteiger partial charge in [-0.2, -0.15) is 5.10 Å². The molecular formula is C24H27N3O2. The molecular weight excluding hydrogens is 362 g/mol. The maximum absolute atomic E-state index is 5.70. The van der Waals surface area contributed by atoms with Crippen molar-refractivity contribution in [3.8, 4) is 5.88 Å². The topological polar surface area (TPSA) is 47.5 Å². The fourth-order valence-corrected chi connectivity index (χ4v) is 3.39. The van der Waals surface area contributed by atoms with Crippen LogP contribution in [0, 0.1) is 0 Å². The van der Waals surface area contributed by atoms with Crippen LogP contribution in [0.3, 0.4) is 0 Å². The van der Waals surface area contributed by atoms with E-state index in [-0.39, 0.29) is 0 Å². The number of ether oxygens (including phenoxy) is 2. The van der Waals surface area contributed by atoms with Crippen LogP contribution < -0.4 is 4.74 Å². The molecule has 0 spiro atoms. The molecule has 150 valence electrons. The van der Waals surface area contributed by atoms with E-state index in [0.29, 0.717) is 12.5 Å². The third kappa shape index (κ3) is 6.11. The van der Waals surface area contributed by atoms with Crippen molar-refractivity contribution < 1.29 is 9.47 Å². The summed E-state index contributed by atoms with van der Waals surface area (Å²) in [4.78, 5) is 2.44. The van der Waals surface area contributed by atoms with Gasteiger partial charge in [0.25, 0.3) is 0 Å². The van der Waals surface area contributed by atoms with Crippen LogP contribution in [0.2, 0.25) is 0 Å². The van der Waals surface area contributed by atoms with E-state index in [9.17, 15) is 0 Å². The second-order valence-corrected chi connectivity index (χ2v) is 7.34. The fourth-order valence-electron chi connectivity index (χ4n) is 3.39. The SMILES string of the molecule is c1ccc(COc2ccc(CCc3ccc(CN4CCOCC4)cc3)nn2)cc1. The average molecular weight is 389 g/mol. The molecule has 5 heteroatoms. The Bertz CT molecular complexity index is 861. The molecule has 0 radical (unpaired) electrons. The molecule has 0 amide bonds. The summed E-state index contributed by atoms with van der Waals surface area (Å²) in [5.41, 5.74) is 4.78. The quantitative estimate of drug-likeness (QED) is 0.588. The maximum Gasteiger partial charge on any atom is 0.233 e. The summed E-state index contributed by atoms with van der Waals surface area (Å²) in [7, 11) is 0. The molecule has 0 N–H and O–H groups in total. The first-order valence-electron chi connectivity index (χ1n) is 10.2. The van der Waals surface area contributed by atoms with Crippen molar-refractivity contribution in [2.45, 2.75) is 26.0 Å². The van der Waals surface area contributed by atoms with Crippen LogP contribution in [0.1, 0.15) is 22.4 Å². The van der Waals surface area contributed by atoms with Crippen LogP contribution in [-0.2, 0) is 30.7 Å². The predicted octanol–water partition coefficient (Wildman–Crippen LogP) is 3.67. The van der Waals surface area contributed by atoms with Crippen molar-refractivity contribution >= 4 is 0 Å². The number of benzene rings is 2. The first-order valence-corrected chi connectivity index (χ1v) is 10.2. The van der Waals surface area contributed by atoms with Crippen molar-refractivity contribution in [2.75, 3.05) is 26.3 Å². The van der Waals surface area contributed by atoms with Crippen LogP contribution in [-0.4, -0.2) is 41.4 Å². The summed E-state index contributed by atoms with van der Waals surface area (Å²) in [6.07, 6.45) is 1.82. The van der Waals surface area contributed by atoms with Crippen LogP contribution in [0.25, 0.3) is 0 Å². The molecule has 0 bridgehead atoms. The van der Waals surface area contributed by atoms with Crippen molar-refractivity contribution in [3.63, 3.8) is 0 Å². The van der Waals surface area contributed by atoms with Gasteiger partial charge in [0.2, 0.25) is 5.88 Å². The molecule has 0 saturated carbocycles. The summed E-state index contributed by atoms with van der Waals surface area (Å²) >= 11 is 0. The Kier molecular flexibility index (Phi) is 6.84. The minimum absolute atomic E-state index is 0.506. The van der Waals surface area contributed by atoms with Crippen molar-refractivity contribution in [2.24, 2.45) is 0 Å². The minimum atomic E-state index is 0.506. The number of aryl methyl sites for hydroxylation is 2. The average Bonchev–Trinajstić information content (AvgIpc) is 2.79. The molecule has 5 nitrogen and oxygen atoms in total. The first kappa shape index (κ1) is 19.6. The Morgan fingerprint density at radius 1 is 0.759 bits per heavy atom. The van der Waals surface area contributed by atoms with E-state index < -0.39 is 0 Å². The van der Waals surface area contributed by atoms with E-state index in [1.165, 1.54) is 11.1 Å². The summed E-state index contributed by atoms with van der Waals surface area (Å²) in [6.45, 7) is 5.23. The molecule has 2 aromatic carbocycles. The third-order valence-electron chi connectivity index (χ3n) is 5.13. The number of morpholine rings is 1. The second-order valence-electron chi connectivity index (χ2n) is 7.34. The number of aromatic nitrogens is 2. The summed E-state index contributed by atoms with van der Waals surface area (Å²) in [6, 6.07) is 22.9. The molecule has 1 aliphatic rings. The lowest BCUT2D eigenvalue weighted by molar-refractivity contribution is 0.0342. The summed E-state index contributed by atoms with van der Waals surface area (Å²) < 4.78 is 11.1. The van der Waals surface area contributed by atoms with Crippen LogP contribution in [0.15, 0.2) is 66.7 Å². The van der Waals surface area contributed by atoms with Crippen molar-refractivity contribution in [3.05, 3.63) is 89.1 Å². The van der Waals surface area contributed by atoms with Gasteiger partial charge in [-0.1, -0.05) is 54.6 Å². The molecule has 0 unspecified atom stereocenters. The highest BCUT2D eigenvalue weighted by molar-refractivity contribution is 5.24. The molecule has 29 heavy (non-hydrogen) atoms. The normalized spacial score (nSPS) is 14.6. The van der Waals surface area contributed by atoms with Gasteiger partial charge in [0.15, 0.2) is 0 Å². The zero-order valence-electron chi connectivity index (χ0n) is 16.7. The van der Waals surface area contributed by atoms with E-state index in [2.05, 4.69) is 39.4 Å². The number of rotatable bonds is 8. The largest absolute Gasteiger partial charge is 0.472 e. The van der Waals surface area contributed by atoms with E-state index in [1.807, 2.05) is 42.5 Å². The Balaban J connectivity index is 1.23. The monoisotopic (exact) mass is 389 g/mol. The van der Waals surface area contributed by atoms with Gasteiger partial charge in [-0.15, -0.1) is 5.10 Å². The molecule has 1 aromatic heterocycles. The highest BCUT2D eigenvalue weighted by Gasteiger charge is 2.10. The Morgan fingerprint density at radius 2 is 1.52 bits per heavy atom. The smallest absolute Gasteiger partial charge is 0.233 e. The molecule has 1 aliphatic heterocycles. The molecule has 3 aromatic rings. The lowest BCUT2D eigenvalue weighted by Crippen LogP contribution is -2.35. The van der Waals surface area contributed by atoms with Gasteiger partial charge in [0.05, 0.1) is 18.9 Å². The Hall–Kier alpha value is -2.76. The van der Waals surface area contributed by atoms with Gasteiger partial charge < -0.3 is 9.47 Å². The van der Waals surface area contributed by atoms with E-state index >= 15 is 0 Å². The number of hydrogen-bond acceptors (Lipinski definition) is 5. The molecule has 0 atom stereocenters. The van der Waals surface area contributed by atoms with E-state index in [0.717, 1.165) is 56.9 Å². The summed E-state index contributed by atoms with van der Waals surface area (Å²) in [5.74, 6) is 0.560. The maximum atomic E-state index is 5.70.